The highest BCUT2D eigenvalue weighted by Crippen LogP contribution is 2.64. The van der Waals surface area contributed by atoms with Crippen molar-refractivity contribution in [2.75, 3.05) is 13.7 Å². The van der Waals surface area contributed by atoms with Gasteiger partial charge in [0, 0.05) is 13.0 Å². The van der Waals surface area contributed by atoms with Crippen LogP contribution < -0.4 is 0 Å². The quantitative estimate of drug-likeness (QED) is 0.794. The molecule has 1 heterocycles. The molecule has 4 fully saturated rings. The molecule has 8 atom stereocenters. The number of hydrogen-bond acceptors (Lipinski definition) is 6. The first-order valence-corrected chi connectivity index (χ1v) is 11.9. The van der Waals surface area contributed by atoms with Crippen LogP contribution in [0.15, 0.2) is 6.33 Å². The van der Waals surface area contributed by atoms with Gasteiger partial charge in [0.05, 0.1) is 12.2 Å². The summed E-state index contributed by atoms with van der Waals surface area (Å²) in [5.41, 5.74) is -0.497. The molecule has 0 radical (unpaired) electrons. The Morgan fingerprint density at radius 1 is 1.13 bits per heavy atom. The van der Waals surface area contributed by atoms with Gasteiger partial charge in [-0.2, -0.15) is 4.80 Å². The van der Waals surface area contributed by atoms with E-state index in [1.807, 2.05) is 0 Å². The summed E-state index contributed by atoms with van der Waals surface area (Å²) in [5, 5.41) is 22.6. The van der Waals surface area contributed by atoms with Gasteiger partial charge in [0.2, 0.25) is 0 Å². The van der Waals surface area contributed by atoms with Crippen molar-refractivity contribution >= 4 is 5.78 Å². The number of carbonyl (C=O) groups excluding carboxylic acids is 1. The second-order valence-electron chi connectivity index (χ2n) is 10.9. The highest BCUT2D eigenvalue weighted by atomic mass is 16.5. The zero-order valence-electron chi connectivity index (χ0n) is 18.4. The summed E-state index contributed by atoms with van der Waals surface area (Å²) < 4.78 is 5.32. The van der Waals surface area contributed by atoms with Crippen LogP contribution in [-0.2, 0) is 16.1 Å². The van der Waals surface area contributed by atoms with Crippen molar-refractivity contribution in [3.63, 3.8) is 0 Å². The van der Waals surface area contributed by atoms with Crippen LogP contribution in [0.4, 0.5) is 0 Å². The molecule has 4 saturated carbocycles. The minimum atomic E-state index is -0.619. The number of aromatic nitrogens is 4. The number of fused-ring (bicyclic) bond motifs is 5. The van der Waals surface area contributed by atoms with Gasteiger partial charge in [0.1, 0.15) is 6.54 Å². The maximum Gasteiger partial charge on any atom is 0.162 e. The molecule has 30 heavy (non-hydrogen) atoms. The Balaban J connectivity index is 1.29. The molecular formula is C23H36N4O3. The highest BCUT2D eigenvalue weighted by molar-refractivity contribution is 5.81. The van der Waals surface area contributed by atoms with E-state index in [0.29, 0.717) is 18.4 Å². The second kappa shape index (κ2) is 7.66. The molecule has 3 unspecified atom stereocenters. The van der Waals surface area contributed by atoms with E-state index in [2.05, 4.69) is 22.3 Å². The van der Waals surface area contributed by atoms with Gasteiger partial charge in [-0.15, -0.1) is 10.2 Å². The van der Waals surface area contributed by atoms with Gasteiger partial charge in [-0.1, -0.05) is 6.92 Å². The lowest BCUT2D eigenvalue weighted by molar-refractivity contribution is -0.137. The van der Waals surface area contributed by atoms with E-state index in [-0.39, 0.29) is 23.7 Å². The number of aliphatic hydroxyl groups is 1. The first kappa shape index (κ1) is 20.6. The van der Waals surface area contributed by atoms with E-state index >= 15 is 0 Å². The smallest absolute Gasteiger partial charge is 0.162 e. The number of tetrazole rings is 1. The van der Waals surface area contributed by atoms with Crippen LogP contribution in [0.25, 0.3) is 0 Å². The zero-order chi connectivity index (χ0) is 20.9. The fourth-order valence-electron chi connectivity index (χ4n) is 8.40. The predicted molar refractivity (Wildman–Crippen MR) is 110 cm³/mol. The molecule has 5 rings (SSSR count). The van der Waals surface area contributed by atoms with Crippen LogP contribution in [-0.4, -0.2) is 50.4 Å². The Morgan fingerprint density at radius 3 is 2.73 bits per heavy atom. The van der Waals surface area contributed by atoms with Gasteiger partial charge in [0.25, 0.3) is 0 Å². The predicted octanol–water partition coefficient (Wildman–Crippen LogP) is 2.89. The molecule has 0 aliphatic heterocycles. The van der Waals surface area contributed by atoms with Gasteiger partial charge in [-0.05, 0) is 98.0 Å². The van der Waals surface area contributed by atoms with Crippen LogP contribution in [0.3, 0.4) is 0 Å². The molecule has 1 aromatic heterocycles. The van der Waals surface area contributed by atoms with Crippen LogP contribution in [0.5, 0.6) is 0 Å². The molecule has 166 valence electrons. The Kier molecular flexibility index (Phi) is 5.25. The Labute approximate surface area is 178 Å². The molecule has 7 heteroatoms. The zero-order valence-corrected chi connectivity index (χ0v) is 18.4. The standard InChI is InChI=1S/C23H36N4O3/c1-22-9-7-17-16-8-10-23(29,13-30-2)11-15(16)3-4-18(17)19(22)5-6-20(22)21(28)12-27-25-14-24-26-27/h14-20,29H,3-13H2,1-2H3/t15-,16-,17?,18?,19?,20+,22-,23+/m0/s1. The molecule has 4 aliphatic carbocycles. The van der Waals surface area contributed by atoms with Crippen molar-refractivity contribution in [1.29, 1.82) is 0 Å². The minimum Gasteiger partial charge on any atom is -0.387 e. The fourth-order valence-corrected chi connectivity index (χ4v) is 8.40. The van der Waals surface area contributed by atoms with Gasteiger partial charge in [-0.3, -0.25) is 4.79 Å². The number of rotatable bonds is 5. The van der Waals surface area contributed by atoms with Gasteiger partial charge >= 0.3 is 0 Å². The average molecular weight is 417 g/mol. The molecule has 1 N–H and O–H groups in total. The largest absolute Gasteiger partial charge is 0.387 e. The molecular weight excluding hydrogens is 380 g/mol. The summed E-state index contributed by atoms with van der Waals surface area (Å²) in [4.78, 5) is 14.6. The average Bonchev–Trinajstić information content (AvgIpc) is 3.34. The number of ether oxygens (including phenoxy) is 1. The van der Waals surface area contributed by atoms with Crippen LogP contribution in [0, 0.1) is 40.9 Å². The lowest BCUT2D eigenvalue weighted by atomic mass is 9.49. The van der Waals surface area contributed by atoms with Crippen molar-refractivity contribution in [1.82, 2.24) is 20.2 Å². The highest BCUT2D eigenvalue weighted by Gasteiger charge is 2.59. The van der Waals surface area contributed by atoms with E-state index in [4.69, 9.17) is 4.74 Å². The SMILES string of the molecule is COC[C@@]1(O)CC[C@@H]2C3CC[C@@]4(C)C(CC[C@@H]4C(=O)Cn4ncnn4)C3CC[C@H]2C1. The molecule has 0 aromatic carbocycles. The number of carbonyl (C=O) groups is 1. The minimum absolute atomic E-state index is 0.122. The summed E-state index contributed by atoms with van der Waals surface area (Å²) >= 11 is 0. The number of hydrogen-bond donors (Lipinski definition) is 1. The summed E-state index contributed by atoms with van der Waals surface area (Å²) in [6, 6.07) is 0. The Morgan fingerprint density at radius 2 is 1.97 bits per heavy atom. The third kappa shape index (κ3) is 3.32. The number of nitrogens with zero attached hydrogens (tertiary/aromatic N) is 4. The monoisotopic (exact) mass is 416 g/mol. The normalized spacial score (nSPS) is 45.4. The first-order valence-electron chi connectivity index (χ1n) is 11.9. The van der Waals surface area contributed by atoms with Crippen molar-refractivity contribution in [3.05, 3.63) is 6.33 Å². The van der Waals surface area contributed by atoms with E-state index in [1.54, 1.807) is 7.11 Å². The molecule has 0 spiro atoms. The van der Waals surface area contributed by atoms with E-state index < -0.39 is 5.60 Å². The topological polar surface area (TPSA) is 90.1 Å². The van der Waals surface area contributed by atoms with Gasteiger partial charge < -0.3 is 9.84 Å². The van der Waals surface area contributed by atoms with E-state index in [9.17, 15) is 9.90 Å². The van der Waals surface area contributed by atoms with Crippen molar-refractivity contribution in [2.45, 2.75) is 76.9 Å². The first-order chi connectivity index (χ1) is 14.4. The maximum atomic E-state index is 13.1. The van der Waals surface area contributed by atoms with Crippen LogP contribution in [0.2, 0.25) is 0 Å². The molecule has 0 saturated heterocycles. The summed E-state index contributed by atoms with van der Waals surface area (Å²) in [6.45, 7) is 3.11. The van der Waals surface area contributed by atoms with Crippen LogP contribution in [0.1, 0.15) is 64.7 Å². The second-order valence-corrected chi connectivity index (χ2v) is 10.9. The van der Waals surface area contributed by atoms with Gasteiger partial charge in [-0.25, -0.2) is 0 Å². The Bertz CT molecular complexity index is 771. The summed E-state index contributed by atoms with van der Waals surface area (Å²) in [5.74, 6) is 3.99. The van der Waals surface area contributed by atoms with Crippen molar-refractivity contribution in [2.24, 2.45) is 40.9 Å². The van der Waals surface area contributed by atoms with E-state index in [0.717, 1.165) is 49.9 Å². The Hall–Kier alpha value is -1.34. The molecule has 0 amide bonds. The molecule has 0 bridgehead atoms. The van der Waals surface area contributed by atoms with Crippen molar-refractivity contribution in [3.8, 4) is 0 Å². The number of methoxy groups -OCH3 is 1. The summed E-state index contributed by atoms with van der Waals surface area (Å²) in [6.07, 6.45) is 11.4. The van der Waals surface area contributed by atoms with E-state index in [1.165, 1.54) is 36.8 Å². The van der Waals surface area contributed by atoms with Crippen molar-refractivity contribution < 1.29 is 14.6 Å². The maximum absolute atomic E-state index is 13.1. The lowest BCUT2D eigenvalue weighted by Gasteiger charge is -2.57. The third-order valence-corrected chi connectivity index (χ3v) is 9.59. The summed E-state index contributed by atoms with van der Waals surface area (Å²) in [7, 11) is 1.69. The lowest BCUT2D eigenvalue weighted by Crippen LogP contribution is -2.52. The number of ketones is 1. The number of Topliss-reactive ketones (excluding diaryl/α,β-unsaturated/α-hetero) is 1. The van der Waals surface area contributed by atoms with Crippen LogP contribution >= 0.6 is 0 Å². The molecule has 4 aliphatic rings. The van der Waals surface area contributed by atoms with Gasteiger partial charge in [0.15, 0.2) is 12.1 Å². The third-order valence-electron chi connectivity index (χ3n) is 9.59. The fraction of sp³-hybridized carbons (Fsp3) is 0.913. The molecule has 7 nitrogen and oxygen atoms in total. The molecule has 1 aromatic rings.